The first-order valence-corrected chi connectivity index (χ1v) is 2.37. The van der Waals surface area contributed by atoms with E-state index >= 15 is 0 Å². The molecule has 0 bridgehead atoms. The van der Waals surface area contributed by atoms with Crippen molar-refractivity contribution in [2.24, 2.45) is 5.90 Å². The van der Waals surface area contributed by atoms with Crippen molar-refractivity contribution in [1.82, 2.24) is 0 Å². The van der Waals surface area contributed by atoms with Crippen LogP contribution >= 0.6 is 0 Å². The first-order valence-electron chi connectivity index (χ1n) is 2.37. The number of carbonyl (C=O) groups is 2. The summed E-state index contributed by atoms with van der Waals surface area (Å²) in [6.07, 6.45) is 1.78. The summed E-state index contributed by atoms with van der Waals surface area (Å²) in [4.78, 5) is 24.2. The third kappa shape index (κ3) is 3.62. The minimum atomic E-state index is -0.801. The van der Waals surface area contributed by atoms with Gasteiger partial charge in [-0.15, -0.1) is 0 Å². The van der Waals surface area contributed by atoms with E-state index in [0.29, 0.717) is 0 Å². The summed E-state index contributed by atoms with van der Waals surface area (Å²) in [6.45, 7) is 0. The SMILES string of the molecule is COC(=O)/C=C/C(=O)ON. The molecule has 0 unspecified atom stereocenters. The second-order valence-electron chi connectivity index (χ2n) is 1.29. The molecule has 10 heavy (non-hydrogen) atoms. The van der Waals surface area contributed by atoms with Crippen LogP contribution in [0.25, 0.3) is 0 Å². The standard InChI is InChI=1S/C5H7NO4/c1-9-4(7)2-3-5(8)10-6/h2-3H,6H2,1H3/b3-2+. The molecule has 0 aromatic heterocycles. The molecule has 0 rings (SSSR count). The van der Waals surface area contributed by atoms with Crippen LogP contribution in [-0.2, 0) is 19.2 Å². The van der Waals surface area contributed by atoms with Crippen molar-refractivity contribution in [3.63, 3.8) is 0 Å². The molecular weight excluding hydrogens is 138 g/mol. The summed E-state index contributed by atoms with van der Waals surface area (Å²) in [7, 11) is 1.19. The van der Waals surface area contributed by atoms with Gasteiger partial charge in [-0.3, -0.25) is 0 Å². The fraction of sp³-hybridized carbons (Fsp3) is 0.200. The largest absolute Gasteiger partial charge is 0.466 e. The summed E-state index contributed by atoms with van der Waals surface area (Å²) in [5.41, 5.74) is 0. The predicted octanol–water partition coefficient (Wildman–Crippen LogP) is -0.868. The van der Waals surface area contributed by atoms with Gasteiger partial charge in [-0.2, -0.15) is 5.90 Å². The molecule has 0 radical (unpaired) electrons. The second-order valence-corrected chi connectivity index (χ2v) is 1.29. The van der Waals surface area contributed by atoms with Gasteiger partial charge in [0.25, 0.3) is 0 Å². The van der Waals surface area contributed by atoms with Crippen LogP contribution in [0.1, 0.15) is 0 Å². The van der Waals surface area contributed by atoms with Crippen LogP contribution in [0, 0.1) is 0 Å². The fourth-order valence-electron chi connectivity index (χ4n) is 0.243. The number of ether oxygens (including phenoxy) is 1. The molecule has 0 aromatic carbocycles. The molecule has 0 heterocycles. The lowest BCUT2D eigenvalue weighted by atomic mass is 10.5. The third-order valence-corrected chi connectivity index (χ3v) is 0.673. The van der Waals surface area contributed by atoms with Crippen molar-refractivity contribution in [3.8, 4) is 0 Å². The summed E-state index contributed by atoms with van der Waals surface area (Å²) in [6, 6.07) is 0. The Morgan fingerprint density at radius 2 is 1.80 bits per heavy atom. The van der Waals surface area contributed by atoms with Gasteiger partial charge in [-0.25, -0.2) is 9.59 Å². The molecule has 0 aliphatic heterocycles. The van der Waals surface area contributed by atoms with Crippen molar-refractivity contribution in [2.45, 2.75) is 0 Å². The molecule has 0 amide bonds. The lowest BCUT2D eigenvalue weighted by molar-refractivity contribution is -0.139. The zero-order valence-corrected chi connectivity index (χ0v) is 5.37. The Kier molecular flexibility index (Phi) is 3.90. The van der Waals surface area contributed by atoms with Gasteiger partial charge >= 0.3 is 11.9 Å². The number of carbonyl (C=O) groups excluding carboxylic acids is 2. The normalized spacial score (nSPS) is 9.40. The number of hydrogen-bond acceptors (Lipinski definition) is 5. The molecule has 0 fully saturated rings. The monoisotopic (exact) mass is 145 g/mol. The van der Waals surface area contributed by atoms with E-state index in [2.05, 4.69) is 15.5 Å². The highest BCUT2D eigenvalue weighted by atomic mass is 16.7. The molecular formula is C5H7NO4. The fourth-order valence-corrected chi connectivity index (χ4v) is 0.243. The molecule has 0 aromatic rings. The Morgan fingerprint density at radius 1 is 1.30 bits per heavy atom. The van der Waals surface area contributed by atoms with Crippen molar-refractivity contribution in [3.05, 3.63) is 12.2 Å². The maximum atomic E-state index is 10.3. The van der Waals surface area contributed by atoms with Gasteiger partial charge in [0.15, 0.2) is 0 Å². The van der Waals surface area contributed by atoms with E-state index in [1.54, 1.807) is 0 Å². The second kappa shape index (κ2) is 4.51. The maximum absolute atomic E-state index is 10.3. The van der Waals surface area contributed by atoms with Gasteiger partial charge in [-0.05, 0) is 0 Å². The van der Waals surface area contributed by atoms with E-state index in [-0.39, 0.29) is 0 Å². The number of nitrogens with two attached hydrogens (primary N) is 1. The van der Waals surface area contributed by atoms with Gasteiger partial charge in [0.2, 0.25) is 0 Å². The van der Waals surface area contributed by atoms with Crippen molar-refractivity contribution in [2.75, 3.05) is 7.11 Å². The number of hydrogen-bond donors (Lipinski definition) is 1. The molecule has 0 saturated heterocycles. The van der Waals surface area contributed by atoms with Gasteiger partial charge < -0.3 is 9.57 Å². The van der Waals surface area contributed by atoms with Gasteiger partial charge in [0, 0.05) is 12.2 Å². The molecule has 0 atom stereocenters. The molecule has 0 spiro atoms. The van der Waals surface area contributed by atoms with E-state index in [0.717, 1.165) is 12.2 Å². The summed E-state index contributed by atoms with van der Waals surface area (Å²) in [5, 5.41) is 0. The summed E-state index contributed by atoms with van der Waals surface area (Å²) in [5.74, 6) is 3.01. The predicted molar refractivity (Wildman–Crippen MR) is 31.4 cm³/mol. The number of rotatable bonds is 2. The smallest absolute Gasteiger partial charge is 0.349 e. The van der Waals surface area contributed by atoms with E-state index in [9.17, 15) is 9.59 Å². The molecule has 0 aliphatic carbocycles. The molecule has 5 heteroatoms. The molecule has 2 N–H and O–H groups in total. The average molecular weight is 145 g/mol. The van der Waals surface area contributed by atoms with Gasteiger partial charge in [0.1, 0.15) is 0 Å². The van der Waals surface area contributed by atoms with E-state index in [1.807, 2.05) is 0 Å². The third-order valence-electron chi connectivity index (χ3n) is 0.673. The topological polar surface area (TPSA) is 78.6 Å². The van der Waals surface area contributed by atoms with Crippen molar-refractivity contribution < 1.29 is 19.2 Å². The minimum Gasteiger partial charge on any atom is -0.466 e. The zero-order chi connectivity index (χ0) is 7.98. The highest BCUT2D eigenvalue weighted by Gasteiger charge is 1.95. The number of methoxy groups -OCH3 is 1. The quantitative estimate of drug-likeness (QED) is 0.310. The summed E-state index contributed by atoms with van der Waals surface area (Å²) >= 11 is 0. The van der Waals surface area contributed by atoms with Crippen molar-refractivity contribution >= 4 is 11.9 Å². The Hall–Kier alpha value is -1.36. The Morgan fingerprint density at radius 3 is 2.20 bits per heavy atom. The number of esters is 1. The lowest BCUT2D eigenvalue weighted by Crippen LogP contribution is -2.07. The van der Waals surface area contributed by atoms with Gasteiger partial charge in [0.05, 0.1) is 7.11 Å². The minimum absolute atomic E-state index is 0.634. The van der Waals surface area contributed by atoms with Crippen LogP contribution in [0.5, 0.6) is 0 Å². The molecule has 0 saturated carbocycles. The van der Waals surface area contributed by atoms with Crippen LogP contribution in [0.3, 0.4) is 0 Å². The first kappa shape index (κ1) is 8.64. The first-order chi connectivity index (χ1) is 4.70. The van der Waals surface area contributed by atoms with Crippen LogP contribution < -0.4 is 5.90 Å². The Labute approximate surface area is 57.4 Å². The Balaban J connectivity index is 3.75. The Bertz CT molecular complexity index is 145. The lowest BCUT2D eigenvalue weighted by Gasteiger charge is -1.88. The van der Waals surface area contributed by atoms with E-state index < -0.39 is 11.9 Å². The molecule has 5 nitrogen and oxygen atoms in total. The van der Waals surface area contributed by atoms with Crippen LogP contribution in [0.15, 0.2) is 12.2 Å². The van der Waals surface area contributed by atoms with E-state index in [4.69, 9.17) is 0 Å². The van der Waals surface area contributed by atoms with Crippen LogP contribution in [0.4, 0.5) is 0 Å². The van der Waals surface area contributed by atoms with Crippen LogP contribution in [0.2, 0.25) is 0 Å². The molecule has 0 aliphatic rings. The highest BCUT2D eigenvalue weighted by Crippen LogP contribution is 1.78. The zero-order valence-electron chi connectivity index (χ0n) is 5.37. The average Bonchev–Trinajstić information content (AvgIpc) is 1.99. The molecule has 56 valence electrons. The maximum Gasteiger partial charge on any atom is 0.349 e. The summed E-state index contributed by atoms with van der Waals surface area (Å²) < 4.78 is 4.17. The highest BCUT2D eigenvalue weighted by molar-refractivity contribution is 5.91. The van der Waals surface area contributed by atoms with Crippen molar-refractivity contribution in [1.29, 1.82) is 0 Å². The van der Waals surface area contributed by atoms with Crippen LogP contribution in [-0.4, -0.2) is 19.0 Å². The van der Waals surface area contributed by atoms with E-state index in [1.165, 1.54) is 7.11 Å². The van der Waals surface area contributed by atoms with Gasteiger partial charge in [-0.1, -0.05) is 0 Å².